The van der Waals surface area contributed by atoms with Crippen LogP contribution in [-0.2, 0) is 39.0 Å². The first-order valence-electron chi connectivity index (χ1n) is 11.3. The van der Waals surface area contributed by atoms with E-state index in [-0.39, 0.29) is 51.0 Å². The molecule has 0 saturated heterocycles. The second-order valence-corrected chi connectivity index (χ2v) is 9.20. The van der Waals surface area contributed by atoms with E-state index in [0.717, 1.165) is 33.9 Å². The van der Waals surface area contributed by atoms with E-state index in [0.29, 0.717) is 0 Å². The van der Waals surface area contributed by atoms with Gasteiger partial charge in [0.05, 0.1) is 14.2 Å². The Morgan fingerprint density at radius 1 is 0.639 bits per heavy atom. The van der Waals surface area contributed by atoms with Gasteiger partial charge in [0, 0.05) is 21.0 Å². The van der Waals surface area contributed by atoms with Gasteiger partial charge in [-0.15, -0.1) is 23.3 Å². The van der Waals surface area contributed by atoms with E-state index in [1.165, 1.54) is 44.5 Å². The largest absolute Gasteiger partial charge is 4.00 e. The van der Waals surface area contributed by atoms with Gasteiger partial charge in [-0.25, -0.2) is 0 Å². The van der Waals surface area contributed by atoms with Gasteiger partial charge in [0.25, 0.3) is 0 Å². The number of fused-ring (bicyclic) bond motifs is 6. The van der Waals surface area contributed by atoms with Crippen LogP contribution in [0.2, 0.25) is 13.1 Å². The second-order valence-electron chi connectivity index (χ2n) is 8.04. The van der Waals surface area contributed by atoms with E-state index in [4.69, 9.17) is 9.47 Å². The van der Waals surface area contributed by atoms with Gasteiger partial charge in [-0.2, -0.15) is 24.3 Å². The molecule has 6 rings (SSSR count). The summed E-state index contributed by atoms with van der Waals surface area (Å²) in [6, 6.07) is 31.3. The van der Waals surface area contributed by atoms with E-state index in [1.54, 1.807) is 14.2 Å². The Kier molecular flexibility index (Phi) is 13.8. The minimum absolute atomic E-state index is 0. The minimum atomic E-state index is 0. The van der Waals surface area contributed by atoms with Crippen LogP contribution in [0.25, 0.3) is 22.3 Å². The van der Waals surface area contributed by atoms with Crippen LogP contribution in [0.4, 0.5) is 0 Å². The molecule has 4 aromatic rings. The smallest absolute Gasteiger partial charge is 1.00 e. The normalized spacial score (nSPS) is 10.6. The molecule has 0 unspecified atom stereocenters. The van der Waals surface area contributed by atoms with Crippen molar-refractivity contribution < 1.29 is 60.5 Å². The van der Waals surface area contributed by atoms with Crippen molar-refractivity contribution in [2.24, 2.45) is 0 Å². The Morgan fingerprint density at radius 2 is 1.00 bits per heavy atom. The molecule has 2 nitrogen and oxygen atoms in total. The molecule has 4 aromatic carbocycles. The molecule has 0 aromatic heterocycles. The Balaban J connectivity index is 0.000000302. The van der Waals surface area contributed by atoms with Gasteiger partial charge in [0.2, 0.25) is 0 Å². The standard InChI is InChI=1S/2C14H11O.C2H7Si.2ClH.Zr/c2*1-15-13-8-4-6-11-9-10-5-2-3-7-12(10)14(11)13;1-3-2;;;/h2*2-5,7-8H,9H2,1H3;3H,1-2H3;2*1H;/q2*-1;;;;+4/p-2. The molecule has 0 amide bonds. The Hall–Kier alpha value is -1.84. The first-order chi connectivity index (χ1) is 16.2. The summed E-state index contributed by atoms with van der Waals surface area (Å²) in [6.45, 7) is 4.42. The molecule has 2 aliphatic carbocycles. The third kappa shape index (κ3) is 6.72. The van der Waals surface area contributed by atoms with Crippen molar-refractivity contribution in [3.05, 3.63) is 107 Å². The fourth-order valence-electron chi connectivity index (χ4n) is 4.47. The van der Waals surface area contributed by atoms with Crippen molar-refractivity contribution in [2.45, 2.75) is 25.9 Å². The molecular weight excluding hydrogens is 583 g/mol. The first-order valence-corrected chi connectivity index (χ1v) is 13.6. The fraction of sp³-hybridized carbons (Fsp3) is 0.200. The third-order valence-electron chi connectivity index (χ3n) is 5.83. The maximum atomic E-state index is 5.39. The summed E-state index contributed by atoms with van der Waals surface area (Å²) < 4.78 is 10.8. The molecule has 0 heterocycles. The number of rotatable bonds is 2. The number of hydrogen-bond acceptors (Lipinski definition) is 2. The zero-order valence-corrected chi connectivity index (χ0v) is 26.1. The molecule has 183 valence electrons. The van der Waals surface area contributed by atoms with Crippen LogP contribution >= 0.6 is 0 Å². The maximum Gasteiger partial charge on any atom is 4.00 e. The molecule has 36 heavy (non-hydrogen) atoms. The molecule has 0 bridgehead atoms. The van der Waals surface area contributed by atoms with Crippen molar-refractivity contribution >= 4 is 9.52 Å². The van der Waals surface area contributed by atoms with Gasteiger partial charge in [-0.05, 0) is 24.0 Å². The van der Waals surface area contributed by atoms with Gasteiger partial charge in [0.15, 0.2) is 0 Å². The van der Waals surface area contributed by atoms with E-state index in [9.17, 15) is 0 Å². The predicted molar refractivity (Wildman–Crippen MR) is 139 cm³/mol. The monoisotopic (exact) mass is 609 g/mol. The minimum Gasteiger partial charge on any atom is -1.00 e. The van der Waals surface area contributed by atoms with Crippen molar-refractivity contribution in [1.82, 2.24) is 0 Å². The van der Waals surface area contributed by atoms with Crippen LogP contribution in [0.15, 0.2) is 72.8 Å². The molecule has 0 N–H and O–H groups in total. The van der Waals surface area contributed by atoms with Crippen molar-refractivity contribution in [3.8, 4) is 33.8 Å². The molecule has 0 aliphatic heterocycles. The van der Waals surface area contributed by atoms with Crippen LogP contribution in [0, 0.1) is 12.1 Å². The van der Waals surface area contributed by atoms with Crippen LogP contribution < -0.4 is 34.3 Å². The molecule has 0 spiro atoms. The number of hydrogen-bond donors (Lipinski definition) is 0. The molecular formula is C30H29Cl2O2SiZr. The van der Waals surface area contributed by atoms with Crippen molar-refractivity contribution in [1.29, 1.82) is 0 Å². The molecule has 0 fully saturated rings. The number of ether oxygens (including phenoxy) is 2. The van der Waals surface area contributed by atoms with Gasteiger partial charge in [-0.1, -0.05) is 83.9 Å². The van der Waals surface area contributed by atoms with E-state index in [2.05, 4.69) is 73.8 Å². The van der Waals surface area contributed by atoms with Gasteiger partial charge in [0.1, 0.15) is 0 Å². The van der Waals surface area contributed by atoms with Crippen molar-refractivity contribution in [3.63, 3.8) is 0 Å². The molecule has 1 radical (unpaired) electrons. The van der Waals surface area contributed by atoms with Gasteiger partial charge in [-0.3, -0.25) is 0 Å². The average molecular weight is 612 g/mol. The molecule has 6 heteroatoms. The predicted octanol–water partition coefficient (Wildman–Crippen LogP) is 0.658. The van der Waals surface area contributed by atoms with Gasteiger partial charge >= 0.3 is 26.2 Å². The fourth-order valence-corrected chi connectivity index (χ4v) is 4.47. The van der Waals surface area contributed by atoms with Crippen LogP contribution in [0.3, 0.4) is 0 Å². The van der Waals surface area contributed by atoms with E-state index >= 15 is 0 Å². The van der Waals surface area contributed by atoms with Crippen LogP contribution in [0.5, 0.6) is 11.5 Å². The van der Waals surface area contributed by atoms with E-state index < -0.39 is 0 Å². The van der Waals surface area contributed by atoms with Crippen LogP contribution in [0.1, 0.15) is 22.3 Å². The van der Waals surface area contributed by atoms with E-state index in [1.807, 2.05) is 24.3 Å². The second kappa shape index (κ2) is 15.4. The summed E-state index contributed by atoms with van der Waals surface area (Å²) in [5.74, 6) is 1.90. The summed E-state index contributed by atoms with van der Waals surface area (Å²) in [5, 5.41) is 0. The summed E-state index contributed by atoms with van der Waals surface area (Å²) in [5.41, 5.74) is 10.3. The maximum absolute atomic E-state index is 5.39. The summed E-state index contributed by atoms with van der Waals surface area (Å²) in [7, 11) is 4.19. The zero-order chi connectivity index (χ0) is 23.2. The SMILES string of the molecule is COc1cc[c-]c2c1-c1ccccc1C2.COc1cc[c-]c2c1-c1ccccc1C2.C[SiH]C.[Cl-].[Cl-].[Zr+4]. The Labute approximate surface area is 249 Å². The average Bonchev–Trinajstić information content (AvgIpc) is 3.43. The van der Waals surface area contributed by atoms with Crippen LogP contribution in [-0.4, -0.2) is 23.7 Å². The quantitative estimate of drug-likeness (QED) is 0.212. The third-order valence-corrected chi connectivity index (χ3v) is 5.83. The number of benzene rings is 4. The number of methoxy groups -OCH3 is 2. The zero-order valence-electron chi connectivity index (χ0n) is 21.0. The molecule has 0 saturated carbocycles. The number of halogens is 2. The summed E-state index contributed by atoms with van der Waals surface area (Å²) in [4.78, 5) is 0. The summed E-state index contributed by atoms with van der Waals surface area (Å²) in [6.07, 6.45) is 1.95. The summed E-state index contributed by atoms with van der Waals surface area (Å²) >= 11 is 0. The first kappa shape index (κ1) is 32.2. The Bertz CT molecular complexity index is 1170. The molecule has 2 aliphatic rings. The topological polar surface area (TPSA) is 18.5 Å². The molecule has 0 atom stereocenters. The van der Waals surface area contributed by atoms with Crippen molar-refractivity contribution in [2.75, 3.05) is 14.2 Å². The van der Waals surface area contributed by atoms with Gasteiger partial charge < -0.3 is 34.3 Å². The Morgan fingerprint density at radius 3 is 1.36 bits per heavy atom.